The van der Waals surface area contributed by atoms with Gasteiger partial charge in [0, 0.05) is 31.3 Å². The summed E-state index contributed by atoms with van der Waals surface area (Å²) in [4.78, 5) is 16.9. The van der Waals surface area contributed by atoms with Gasteiger partial charge in [0.05, 0.1) is 4.88 Å². The van der Waals surface area contributed by atoms with E-state index in [1.807, 2.05) is 23.8 Å². The Morgan fingerprint density at radius 3 is 3.12 bits per heavy atom. The molecule has 0 aromatic carbocycles. The van der Waals surface area contributed by atoms with Crippen molar-refractivity contribution in [3.8, 4) is 10.7 Å². The summed E-state index contributed by atoms with van der Waals surface area (Å²) >= 11 is 1.69. The third-order valence-electron chi connectivity index (χ3n) is 3.02. The van der Waals surface area contributed by atoms with E-state index < -0.39 is 0 Å². The Hall–Kier alpha value is -1.42. The largest absolute Gasteiger partial charge is 0.327 e. The fraction of sp³-hybridized carbons (Fsp3) is 0.333. The molecule has 1 saturated carbocycles. The summed E-state index contributed by atoms with van der Waals surface area (Å²) in [5.74, 6) is 1.37. The number of hydrogen-bond donors (Lipinski definition) is 0. The normalized spacial score (nSPS) is 20.5. The van der Waals surface area contributed by atoms with Crippen LogP contribution in [0.3, 0.4) is 0 Å². The van der Waals surface area contributed by atoms with Crippen LogP contribution in [0.15, 0.2) is 29.9 Å². The molecular weight excluding hydrogens is 220 g/mol. The highest BCUT2D eigenvalue weighted by atomic mass is 32.1. The molecule has 0 bridgehead atoms. The van der Waals surface area contributed by atoms with Crippen molar-refractivity contribution in [3.63, 3.8) is 0 Å². The van der Waals surface area contributed by atoms with Crippen LogP contribution in [-0.4, -0.2) is 15.3 Å². The highest BCUT2D eigenvalue weighted by molar-refractivity contribution is 7.13. The molecule has 16 heavy (non-hydrogen) atoms. The van der Waals surface area contributed by atoms with Crippen molar-refractivity contribution in [2.45, 2.75) is 25.3 Å². The minimum atomic E-state index is 0.312. The first kappa shape index (κ1) is 9.78. The van der Waals surface area contributed by atoms with E-state index in [9.17, 15) is 4.79 Å². The molecular formula is C12H12N2OS. The van der Waals surface area contributed by atoms with Gasteiger partial charge in [0.2, 0.25) is 0 Å². The van der Waals surface area contributed by atoms with Crippen LogP contribution in [0.2, 0.25) is 0 Å². The average molecular weight is 232 g/mol. The lowest BCUT2D eigenvalue weighted by atomic mass is 10.2. The molecule has 3 nitrogen and oxygen atoms in total. The van der Waals surface area contributed by atoms with Crippen LogP contribution in [0.25, 0.3) is 10.7 Å². The van der Waals surface area contributed by atoms with E-state index in [-0.39, 0.29) is 0 Å². The lowest BCUT2D eigenvalue weighted by Crippen LogP contribution is -2.05. The summed E-state index contributed by atoms with van der Waals surface area (Å²) in [7, 11) is 0. The number of ketones is 1. The van der Waals surface area contributed by atoms with E-state index >= 15 is 0 Å². The molecule has 2 heterocycles. The number of carbonyl (C=O) groups is 1. The molecule has 82 valence electrons. The zero-order valence-electron chi connectivity index (χ0n) is 8.80. The Labute approximate surface area is 97.7 Å². The number of Topliss-reactive ketones (excluding diaryl/α,β-unsaturated/α-hetero) is 1. The predicted molar refractivity (Wildman–Crippen MR) is 63.4 cm³/mol. The van der Waals surface area contributed by atoms with Crippen molar-refractivity contribution in [3.05, 3.63) is 29.9 Å². The molecule has 1 aliphatic carbocycles. The Balaban J connectivity index is 1.97. The van der Waals surface area contributed by atoms with Gasteiger partial charge < -0.3 is 4.57 Å². The van der Waals surface area contributed by atoms with E-state index in [1.54, 1.807) is 11.3 Å². The van der Waals surface area contributed by atoms with Gasteiger partial charge in [-0.2, -0.15) is 0 Å². The van der Waals surface area contributed by atoms with Crippen LogP contribution in [0, 0.1) is 0 Å². The van der Waals surface area contributed by atoms with Crippen LogP contribution in [0.4, 0.5) is 0 Å². The average Bonchev–Trinajstić information content (AvgIpc) is 2.96. The van der Waals surface area contributed by atoms with Crippen molar-refractivity contribution < 1.29 is 4.79 Å². The first-order valence-electron chi connectivity index (χ1n) is 5.43. The van der Waals surface area contributed by atoms with Crippen molar-refractivity contribution in [2.24, 2.45) is 0 Å². The van der Waals surface area contributed by atoms with E-state index in [0.717, 1.165) is 12.2 Å². The number of thiophene rings is 1. The molecule has 0 radical (unpaired) electrons. The fourth-order valence-electron chi connectivity index (χ4n) is 2.24. The molecule has 0 spiro atoms. The second kappa shape index (κ2) is 3.87. The maximum absolute atomic E-state index is 11.3. The zero-order chi connectivity index (χ0) is 11.0. The Kier molecular flexibility index (Phi) is 2.36. The van der Waals surface area contributed by atoms with Gasteiger partial charge in [-0.1, -0.05) is 6.07 Å². The lowest BCUT2D eigenvalue weighted by Gasteiger charge is -2.12. The second-order valence-electron chi connectivity index (χ2n) is 4.07. The molecule has 2 aromatic rings. The number of rotatable bonds is 2. The molecule has 1 unspecified atom stereocenters. The second-order valence-corrected chi connectivity index (χ2v) is 5.02. The monoisotopic (exact) mass is 232 g/mol. The number of nitrogens with zero attached hydrogens (tertiary/aromatic N) is 2. The highest BCUT2D eigenvalue weighted by Crippen LogP contribution is 2.32. The van der Waals surface area contributed by atoms with E-state index in [2.05, 4.69) is 15.6 Å². The van der Waals surface area contributed by atoms with Crippen molar-refractivity contribution in [2.75, 3.05) is 0 Å². The van der Waals surface area contributed by atoms with Gasteiger partial charge >= 0.3 is 0 Å². The molecule has 3 rings (SSSR count). The third-order valence-corrected chi connectivity index (χ3v) is 3.89. The smallest absolute Gasteiger partial charge is 0.150 e. The first-order chi connectivity index (χ1) is 7.84. The summed E-state index contributed by atoms with van der Waals surface area (Å²) < 4.78 is 2.15. The molecule has 0 aliphatic heterocycles. The third kappa shape index (κ3) is 1.59. The van der Waals surface area contributed by atoms with Crippen molar-refractivity contribution >= 4 is 17.1 Å². The summed E-state index contributed by atoms with van der Waals surface area (Å²) in [6, 6.07) is 4.41. The molecule has 2 aromatic heterocycles. The fourth-order valence-corrected chi connectivity index (χ4v) is 2.96. The number of carbonyl (C=O) groups excluding carboxylic acids is 1. The Bertz CT molecular complexity index is 501. The number of imidazole rings is 1. The summed E-state index contributed by atoms with van der Waals surface area (Å²) in [5, 5.41) is 2.05. The molecule has 0 saturated heterocycles. The van der Waals surface area contributed by atoms with Crippen molar-refractivity contribution in [1.29, 1.82) is 0 Å². The van der Waals surface area contributed by atoms with Crippen LogP contribution >= 0.6 is 11.3 Å². The highest BCUT2D eigenvalue weighted by Gasteiger charge is 2.25. The van der Waals surface area contributed by atoms with Gasteiger partial charge in [-0.15, -0.1) is 11.3 Å². The summed E-state index contributed by atoms with van der Waals surface area (Å²) in [5.41, 5.74) is 0. The van der Waals surface area contributed by atoms with Gasteiger partial charge in [0.15, 0.2) is 0 Å². The van der Waals surface area contributed by atoms with Crippen LogP contribution in [-0.2, 0) is 4.79 Å². The van der Waals surface area contributed by atoms with Crippen LogP contribution in [0.1, 0.15) is 25.3 Å². The van der Waals surface area contributed by atoms with Gasteiger partial charge in [-0.25, -0.2) is 4.98 Å². The van der Waals surface area contributed by atoms with Crippen LogP contribution < -0.4 is 0 Å². The molecule has 0 amide bonds. The van der Waals surface area contributed by atoms with E-state index in [1.165, 1.54) is 4.88 Å². The minimum Gasteiger partial charge on any atom is -0.327 e. The Morgan fingerprint density at radius 1 is 1.50 bits per heavy atom. The molecule has 4 heteroatoms. The van der Waals surface area contributed by atoms with Crippen LogP contribution in [0.5, 0.6) is 0 Å². The van der Waals surface area contributed by atoms with Gasteiger partial charge in [0.25, 0.3) is 0 Å². The molecule has 1 fully saturated rings. The number of hydrogen-bond acceptors (Lipinski definition) is 3. The number of aromatic nitrogens is 2. The van der Waals surface area contributed by atoms with Gasteiger partial charge in [-0.3, -0.25) is 4.79 Å². The minimum absolute atomic E-state index is 0.312. The first-order valence-corrected chi connectivity index (χ1v) is 6.31. The topological polar surface area (TPSA) is 34.9 Å². The summed E-state index contributed by atoms with van der Waals surface area (Å²) in [6.07, 6.45) is 6.13. The SMILES string of the molecule is O=C1CCC(n2ccnc2-c2cccs2)C1. The van der Waals surface area contributed by atoms with Crippen molar-refractivity contribution in [1.82, 2.24) is 9.55 Å². The quantitative estimate of drug-likeness (QED) is 0.798. The van der Waals surface area contributed by atoms with E-state index in [0.29, 0.717) is 24.7 Å². The standard InChI is InChI=1S/C12H12N2OS/c15-10-4-3-9(8-10)14-6-5-13-12(14)11-2-1-7-16-11/h1-2,5-7,9H,3-4,8H2. The molecule has 0 N–H and O–H groups in total. The maximum atomic E-state index is 11.3. The zero-order valence-corrected chi connectivity index (χ0v) is 9.61. The molecule has 1 aliphatic rings. The van der Waals surface area contributed by atoms with Gasteiger partial charge in [-0.05, 0) is 17.9 Å². The van der Waals surface area contributed by atoms with Gasteiger partial charge in [0.1, 0.15) is 11.6 Å². The predicted octanol–water partition coefficient (Wildman–Crippen LogP) is 2.91. The maximum Gasteiger partial charge on any atom is 0.150 e. The Morgan fingerprint density at radius 2 is 2.44 bits per heavy atom. The molecule has 1 atom stereocenters. The van der Waals surface area contributed by atoms with E-state index in [4.69, 9.17) is 0 Å². The summed E-state index contributed by atoms with van der Waals surface area (Å²) in [6.45, 7) is 0. The lowest BCUT2D eigenvalue weighted by molar-refractivity contribution is -0.117.